The van der Waals surface area contributed by atoms with Gasteiger partial charge in [-0.25, -0.2) is 0 Å². The maximum absolute atomic E-state index is 7.81. The van der Waals surface area contributed by atoms with Crippen molar-refractivity contribution in [3.05, 3.63) is 0 Å². The number of rotatable bonds is 0. The van der Waals surface area contributed by atoms with Crippen molar-refractivity contribution in [2.45, 2.75) is 0 Å². The molecule has 6 heavy (non-hydrogen) atoms. The molecular formula is AlCuMgO3+. The molecule has 0 aliphatic heterocycles. The van der Waals surface area contributed by atoms with Crippen LogP contribution in [0.4, 0.5) is 0 Å². The molecule has 0 saturated carbocycles. The van der Waals surface area contributed by atoms with E-state index in [1.165, 1.54) is 0 Å². The molecule has 0 saturated heterocycles. The number of hydrogen-bond acceptors (Lipinski definition) is 1. The standard InChI is InChI=1S/Al.Cu.Mg.3O/q+3;;+2;;2*-2. The van der Waals surface area contributed by atoms with Gasteiger partial charge in [0, 0.05) is 0 Å². The Hall–Kier alpha value is 1.54. The molecule has 0 spiro atoms. The molecule has 0 rings (SSSR count). The molecule has 0 aliphatic carbocycles. The van der Waals surface area contributed by atoms with E-state index in [1.54, 1.807) is 0 Å². The SMILES string of the molecule is [Al+3].[Mg+2].[O-2].[O-2].[O]=[Cu]. The van der Waals surface area contributed by atoms with Gasteiger partial charge in [0.25, 0.3) is 0 Å². The fourth-order valence-electron chi connectivity index (χ4n) is 0. The average molecular weight is 163 g/mol. The van der Waals surface area contributed by atoms with Crippen molar-refractivity contribution in [2.24, 2.45) is 0 Å². The van der Waals surface area contributed by atoms with Gasteiger partial charge in [0.05, 0.1) is 0 Å². The molecule has 33 valence electrons. The quantitative estimate of drug-likeness (QED) is 0.416. The predicted molar refractivity (Wildman–Crippen MR) is 13.6 cm³/mol. The van der Waals surface area contributed by atoms with Crippen LogP contribution in [0, 0.1) is 0 Å². The van der Waals surface area contributed by atoms with Gasteiger partial charge in [-0.05, 0) is 0 Å². The van der Waals surface area contributed by atoms with Crippen LogP contribution >= 0.6 is 0 Å². The van der Waals surface area contributed by atoms with E-state index in [9.17, 15) is 0 Å². The van der Waals surface area contributed by atoms with Crippen molar-refractivity contribution in [1.29, 1.82) is 0 Å². The van der Waals surface area contributed by atoms with Crippen LogP contribution in [0.15, 0.2) is 0 Å². The molecule has 0 fully saturated rings. The minimum absolute atomic E-state index is 0. The third-order valence-electron chi connectivity index (χ3n) is 0. The Balaban J connectivity index is -0.000000000833. The fraction of sp³-hybridized carbons (Fsp3) is 0. The first-order valence-electron chi connectivity index (χ1n) is 0.123. The Morgan fingerprint density at radius 3 is 1.00 bits per heavy atom. The van der Waals surface area contributed by atoms with E-state index >= 15 is 0 Å². The summed E-state index contributed by atoms with van der Waals surface area (Å²) in [6.45, 7) is 0. The summed E-state index contributed by atoms with van der Waals surface area (Å²) in [5.41, 5.74) is 0. The predicted octanol–water partition coefficient (Wildman–Crippen LogP) is -1.12. The second-order valence-electron chi connectivity index (χ2n) is 0. The summed E-state index contributed by atoms with van der Waals surface area (Å²) in [5.74, 6) is 0. The Morgan fingerprint density at radius 2 is 1.00 bits per heavy atom. The molecule has 0 aromatic heterocycles. The van der Waals surface area contributed by atoms with Crippen LogP contribution < -0.4 is 0 Å². The van der Waals surface area contributed by atoms with E-state index in [-0.39, 0.29) is 51.4 Å². The van der Waals surface area contributed by atoms with Crippen molar-refractivity contribution in [3.63, 3.8) is 0 Å². The first-order valence-corrected chi connectivity index (χ1v) is 0.508. The first kappa shape index (κ1) is 50.0. The third kappa shape index (κ3) is 48.2. The zero-order valence-corrected chi connectivity index (χ0v) is 6.32. The second kappa shape index (κ2) is 84.8. The molecule has 0 radical (unpaired) electrons. The molecule has 0 N–H and O–H groups in total. The molecule has 6 heteroatoms. The molecule has 0 unspecified atom stereocenters. The molecule has 3 nitrogen and oxygen atoms in total. The van der Waals surface area contributed by atoms with E-state index in [2.05, 4.69) is 15.9 Å². The van der Waals surface area contributed by atoms with E-state index in [0.717, 1.165) is 0 Å². The molecule has 0 aromatic carbocycles. The Kier molecular flexibility index (Phi) is 707. The van der Waals surface area contributed by atoms with Crippen molar-refractivity contribution in [3.8, 4) is 0 Å². The second-order valence-corrected chi connectivity index (χ2v) is 0. The van der Waals surface area contributed by atoms with E-state index in [4.69, 9.17) is 3.83 Å². The van der Waals surface area contributed by atoms with Gasteiger partial charge < -0.3 is 11.0 Å². The van der Waals surface area contributed by atoms with E-state index in [0.29, 0.717) is 0 Å². The summed E-state index contributed by atoms with van der Waals surface area (Å²) in [6, 6.07) is 0. The van der Waals surface area contributed by atoms with Crippen LogP contribution in [0.5, 0.6) is 0 Å². The van der Waals surface area contributed by atoms with Gasteiger partial charge in [0.15, 0.2) is 0 Å². The zero-order valence-electron chi connectivity index (χ0n) is 2.81. The topological polar surface area (TPSA) is 74.1 Å². The zero-order chi connectivity index (χ0) is 2.00. The van der Waals surface area contributed by atoms with Crippen molar-refractivity contribution < 1.29 is 30.7 Å². The fourth-order valence-corrected chi connectivity index (χ4v) is 0. The van der Waals surface area contributed by atoms with Gasteiger partial charge in [-0.2, -0.15) is 0 Å². The summed E-state index contributed by atoms with van der Waals surface area (Å²) < 4.78 is 7.81. The maximum atomic E-state index is 7.81. The van der Waals surface area contributed by atoms with E-state index < -0.39 is 0 Å². The Bertz CT molecular complexity index is 10.8. The van der Waals surface area contributed by atoms with Crippen molar-refractivity contribution in [2.75, 3.05) is 0 Å². The third-order valence-corrected chi connectivity index (χ3v) is 0. The number of hydrogen-bond donors (Lipinski definition) is 0. The molecule has 0 aliphatic rings. The molecular weight excluding hydrogens is 163 g/mol. The van der Waals surface area contributed by atoms with Crippen LogP contribution in [-0.4, -0.2) is 40.4 Å². The van der Waals surface area contributed by atoms with Crippen LogP contribution in [-0.2, 0) is 30.7 Å². The minimum atomic E-state index is 0. The van der Waals surface area contributed by atoms with Crippen molar-refractivity contribution in [1.82, 2.24) is 0 Å². The normalized spacial score (nSPS) is 1.00. The van der Waals surface area contributed by atoms with Crippen LogP contribution in [0.1, 0.15) is 0 Å². The summed E-state index contributed by atoms with van der Waals surface area (Å²) in [5, 5.41) is 0. The first-order chi connectivity index (χ1) is 1.00. The average Bonchev–Trinajstić information content (AvgIpc) is 1.00. The van der Waals surface area contributed by atoms with Crippen LogP contribution in [0.2, 0.25) is 0 Å². The van der Waals surface area contributed by atoms with E-state index in [1.807, 2.05) is 0 Å². The Morgan fingerprint density at radius 1 is 1.00 bits per heavy atom. The Labute approximate surface area is 70.8 Å². The summed E-state index contributed by atoms with van der Waals surface area (Å²) >= 11 is 2.94. The molecule has 0 bridgehead atoms. The molecule has 0 amide bonds. The van der Waals surface area contributed by atoms with Gasteiger partial charge >= 0.3 is 60.2 Å². The van der Waals surface area contributed by atoms with Gasteiger partial charge in [-0.3, -0.25) is 0 Å². The van der Waals surface area contributed by atoms with Gasteiger partial charge in [0.2, 0.25) is 0 Å². The van der Waals surface area contributed by atoms with Crippen molar-refractivity contribution >= 4 is 40.4 Å². The molecule has 0 atom stereocenters. The molecule has 0 heterocycles. The summed E-state index contributed by atoms with van der Waals surface area (Å²) in [7, 11) is 0. The monoisotopic (exact) mass is 162 g/mol. The van der Waals surface area contributed by atoms with Gasteiger partial charge in [0.1, 0.15) is 0 Å². The van der Waals surface area contributed by atoms with Gasteiger partial charge in [-0.15, -0.1) is 0 Å². The summed E-state index contributed by atoms with van der Waals surface area (Å²) in [6.07, 6.45) is 0. The molecule has 0 aromatic rings. The van der Waals surface area contributed by atoms with Crippen LogP contribution in [0.25, 0.3) is 0 Å². The van der Waals surface area contributed by atoms with Crippen LogP contribution in [0.3, 0.4) is 0 Å². The summed E-state index contributed by atoms with van der Waals surface area (Å²) in [4.78, 5) is 0. The van der Waals surface area contributed by atoms with Gasteiger partial charge in [-0.1, -0.05) is 0 Å².